The Hall–Kier alpha value is -3.17. The van der Waals surface area contributed by atoms with Crippen LogP contribution in [0.25, 0.3) is 0 Å². The summed E-state index contributed by atoms with van der Waals surface area (Å²) in [5, 5.41) is 2.45. The van der Waals surface area contributed by atoms with Gasteiger partial charge in [0, 0.05) is 18.8 Å². The summed E-state index contributed by atoms with van der Waals surface area (Å²) in [5.74, 6) is -3.43. The van der Waals surface area contributed by atoms with Crippen LogP contribution < -0.4 is 5.32 Å². The predicted molar refractivity (Wildman–Crippen MR) is 108 cm³/mol. The van der Waals surface area contributed by atoms with E-state index in [4.69, 9.17) is 0 Å². The van der Waals surface area contributed by atoms with E-state index in [0.29, 0.717) is 12.0 Å². The number of rotatable bonds is 4. The first-order valence-electron chi connectivity index (χ1n) is 9.38. The zero-order chi connectivity index (χ0) is 22.2. The molecule has 3 aromatic rings. The van der Waals surface area contributed by atoms with Crippen LogP contribution >= 0.6 is 0 Å². The number of sulfonamides is 1. The highest BCUT2D eigenvalue weighted by Gasteiger charge is 2.28. The number of fused-ring (bicyclic) bond motifs is 1. The maximum Gasteiger partial charge on any atom is 0.261 e. The highest BCUT2D eigenvalue weighted by atomic mass is 32.2. The molecule has 0 saturated carbocycles. The zero-order valence-electron chi connectivity index (χ0n) is 16.1. The minimum Gasteiger partial charge on any atom is -0.322 e. The summed E-state index contributed by atoms with van der Waals surface area (Å²) < 4.78 is 67.9. The number of benzene rings is 3. The Morgan fingerprint density at radius 1 is 0.903 bits per heavy atom. The number of hydrogen-bond acceptors (Lipinski definition) is 3. The van der Waals surface area contributed by atoms with Gasteiger partial charge in [0.1, 0.15) is 23.0 Å². The second-order valence-corrected chi connectivity index (χ2v) is 9.01. The standard InChI is InChI=1S/C22H17F3N2O3S/c23-16-5-8-18(9-6-16)31(29,30)27-11-10-14-4-7-17(12-15(14)13-27)26-22(28)21-19(24)2-1-3-20(21)25/h1-9,12H,10-11,13H2,(H,26,28). The summed E-state index contributed by atoms with van der Waals surface area (Å²) in [7, 11) is -3.83. The molecule has 0 fully saturated rings. The maximum atomic E-state index is 13.8. The molecule has 1 amide bonds. The minimum absolute atomic E-state index is 0.0168. The number of nitrogens with zero attached hydrogens (tertiary/aromatic N) is 1. The van der Waals surface area contributed by atoms with Gasteiger partial charge in [-0.1, -0.05) is 12.1 Å². The van der Waals surface area contributed by atoms with Crippen LogP contribution in [0, 0.1) is 17.5 Å². The molecule has 31 heavy (non-hydrogen) atoms. The Kier molecular flexibility index (Phi) is 5.55. The van der Waals surface area contributed by atoms with Gasteiger partial charge in [0.15, 0.2) is 0 Å². The van der Waals surface area contributed by atoms with Gasteiger partial charge in [0.05, 0.1) is 4.90 Å². The van der Waals surface area contributed by atoms with Crippen molar-refractivity contribution >= 4 is 21.6 Å². The summed E-state index contributed by atoms with van der Waals surface area (Å²) in [6.45, 7) is 0.297. The monoisotopic (exact) mass is 446 g/mol. The van der Waals surface area contributed by atoms with Crippen molar-refractivity contribution in [1.82, 2.24) is 4.31 Å². The predicted octanol–water partition coefficient (Wildman–Crippen LogP) is 4.10. The Morgan fingerprint density at radius 2 is 1.58 bits per heavy atom. The summed E-state index contributed by atoms with van der Waals surface area (Å²) in [6.07, 6.45) is 0.450. The van der Waals surface area contributed by atoms with E-state index in [9.17, 15) is 26.4 Å². The Morgan fingerprint density at radius 3 is 2.26 bits per heavy atom. The van der Waals surface area contributed by atoms with E-state index >= 15 is 0 Å². The van der Waals surface area contributed by atoms with Crippen molar-refractivity contribution in [3.05, 3.63) is 94.8 Å². The van der Waals surface area contributed by atoms with Gasteiger partial charge < -0.3 is 5.32 Å². The molecule has 5 nitrogen and oxygen atoms in total. The molecular formula is C22H17F3N2O3S. The maximum absolute atomic E-state index is 13.8. The van der Waals surface area contributed by atoms with Crippen molar-refractivity contribution in [2.24, 2.45) is 0 Å². The third kappa shape index (κ3) is 4.19. The van der Waals surface area contributed by atoms with Crippen LogP contribution in [-0.2, 0) is 23.0 Å². The first-order chi connectivity index (χ1) is 14.8. The molecule has 0 bridgehead atoms. The van der Waals surface area contributed by atoms with E-state index in [1.807, 2.05) is 0 Å². The highest BCUT2D eigenvalue weighted by molar-refractivity contribution is 7.89. The lowest BCUT2D eigenvalue weighted by Gasteiger charge is -2.28. The van der Waals surface area contributed by atoms with Crippen LogP contribution in [0.15, 0.2) is 65.6 Å². The topological polar surface area (TPSA) is 66.5 Å². The molecule has 1 aliphatic rings. The number of amides is 1. The molecule has 3 aromatic carbocycles. The van der Waals surface area contributed by atoms with E-state index in [1.54, 1.807) is 18.2 Å². The number of hydrogen-bond donors (Lipinski definition) is 1. The van der Waals surface area contributed by atoms with Gasteiger partial charge in [-0.15, -0.1) is 0 Å². The van der Waals surface area contributed by atoms with Crippen molar-refractivity contribution in [3.8, 4) is 0 Å². The van der Waals surface area contributed by atoms with Crippen molar-refractivity contribution in [2.75, 3.05) is 11.9 Å². The van der Waals surface area contributed by atoms with Gasteiger partial charge in [-0.3, -0.25) is 4.79 Å². The number of carbonyl (C=O) groups is 1. The molecule has 9 heteroatoms. The molecule has 0 unspecified atom stereocenters. The molecule has 0 radical (unpaired) electrons. The van der Waals surface area contributed by atoms with Gasteiger partial charge in [-0.2, -0.15) is 4.31 Å². The average Bonchev–Trinajstić information content (AvgIpc) is 2.73. The van der Waals surface area contributed by atoms with Crippen LogP contribution in [0.1, 0.15) is 21.5 Å². The van der Waals surface area contributed by atoms with E-state index in [2.05, 4.69) is 5.32 Å². The van der Waals surface area contributed by atoms with Gasteiger partial charge in [0.2, 0.25) is 10.0 Å². The average molecular weight is 446 g/mol. The molecule has 0 aromatic heterocycles. The minimum atomic E-state index is -3.83. The second kappa shape index (κ2) is 8.16. The zero-order valence-corrected chi connectivity index (χ0v) is 16.9. The summed E-state index contributed by atoms with van der Waals surface area (Å²) in [6, 6.07) is 12.6. The normalized spacial score (nSPS) is 14.2. The highest BCUT2D eigenvalue weighted by Crippen LogP contribution is 2.27. The molecule has 1 N–H and O–H groups in total. The fourth-order valence-corrected chi connectivity index (χ4v) is 4.90. The Labute approximate surface area is 177 Å². The number of halogens is 3. The van der Waals surface area contributed by atoms with Crippen LogP contribution in [0.4, 0.5) is 18.9 Å². The molecule has 0 saturated heterocycles. The van der Waals surface area contributed by atoms with Crippen LogP contribution in [0.5, 0.6) is 0 Å². The van der Waals surface area contributed by atoms with Crippen molar-refractivity contribution in [1.29, 1.82) is 0 Å². The fourth-order valence-electron chi connectivity index (χ4n) is 3.48. The molecule has 0 aliphatic carbocycles. The van der Waals surface area contributed by atoms with Crippen LogP contribution in [0.3, 0.4) is 0 Å². The summed E-state index contributed by atoms with van der Waals surface area (Å²) in [5.41, 5.74) is 1.15. The molecule has 160 valence electrons. The number of carbonyl (C=O) groups excluding carboxylic acids is 1. The molecule has 0 atom stereocenters. The van der Waals surface area contributed by atoms with E-state index in [-0.39, 0.29) is 23.7 Å². The van der Waals surface area contributed by atoms with E-state index in [0.717, 1.165) is 35.9 Å². The molecule has 1 aliphatic heterocycles. The van der Waals surface area contributed by atoms with E-state index in [1.165, 1.54) is 16.4 Å². The lowest BCUT2D eigenvalue weighted by molar-refractivity contribution is 0.101. The molecule has 1 heterocycles. The van der Waals surface area contributed by atoms with E-state index < -0.39 is 38.9 Å². The van der Waals surface area contributed by atoms with Crippen molar-refractivity contribution in [3.63, 3.8) is 0 Å². The van der Waals surface area contributed by atoms with Gasteiger partial charge in [0.25, 0.3) is 5.91 Å². The van der Waals surface area contributed by atoms with Crippen molar-refractivity contribution < 1.29 is 26.4 Å². The number of anilines is 1. The summed E-state index contributed by atoms with van der Waals surface area (Å²) >= 11 is 0. The van der Waals surface area contributed by atoms with Crippen LogP contribution in [-0.4, -0.2) is 25.2 Å². The second-order valence-electron chi connectivity index (χ2n) is 7.08. The Balaban J connectivity index is 1.57. The third-order valence-electron chi connectivity index (χ3n) is 5.08. The largest absolute Gasteiger partial charge is 0.322 e. The smallest absolute Gasteiger partial charge is 0.261 e. The number of nitrogens with one attached hydrogen (secondary N) is 1. The fraction of sp³-hybridized carbons (Fsp3) is 0.136. The lowest BCUT2D eigenvalue weighted by atomic mass is 10.0. The van der Waals surface area contributed by atoms with Gasteiger partial charge in [-0.05, 0) is 66.1 Å². The SMILES string of the molecule is O=C(Nc1ccc2c(c1)CN(S(=O)(=O)c1ccc(F)cc1)CC2)c1c(F)cccc1F. The quantitative estimate of drug-likeness (QED) is 0.656. The van der Waals surface area contributed by atoms with Gasteiger partial charge >= 0.3 is 0 Å². The molecule has 4 rings (SSSR count). The van der Waals surface area contributed by atoms with Gasteiger partial charge in [-0.25, -0.2) is 21.6 Å². The Bertz CT molecular complexity index is 1240. The lowest BCUT2D eigenvalue weighted by Crippen LogP contribution is -2.36. The summed E-state index contributed by atoms with van der Waals surface area (Å²) in [4.78, 5) is 12.3. The first kappa shape index (κ1) is 21.1. The van der Waals surface area contributed by atoms with Crippen LogP contribution in [0.2, 0.25) is 0 Å². The first-order valence-corrected chi connectivity index (χ1v) is 10.8. The molecular weight excluding hydrogens is 429 g/mol. The molecule has 0 spiro atoms. The van der Waals surface area contributed by atoms with Crippen molar-refractivity contribution in [2.45, 2.75) is 17.9 Å². The third-order valence-corrected chi connectivity index (χ3v) is 6.94.